The fourth-order valence-electron chi connectivity index (χ4n) is 6.61. The van der Waals surface area contributed by atoms with Crippen LogP contribution in [0, 0.1) is 0 Å². The van der Waals surface area contributed by atoms with Crippen LogP contribution in [-0.4, -0.2) is 37.2 Å². The number of rotatable bonds is 42. The predicted octanol–water partition coefficient (Wildman–Crippen LogP) is 14.8. The van der Waals surface area contributed by atoms with Gasteiger partial charge < -0.3 is 14.2 Å². The Morgan fingerprint density at radius 1 is 0.352 bits per heavy atom. The van der Waals surface area contributed by atoms with E-state index in [1.54, 1.807) is 0 Å². The minimum Gasteiger partial charge on any atom is -0.462 e. The topological polar surface area (TPSA) is 78.9 Å². The van der Waals surface area contributed by atoms with E-state index in [0.29, 0.717) is 19.3 Å². The molecule has 0 aromatic rings. The summed E-state index contributed by atoms with van der Waals surface area (Å²) < 4.78 is 16.7. The highest BCUT2D eigenvalue weighted by atomic mass is 16.6. The molecule has 0 bridgehead atoms. The highest BCUT2D eigenvalue weighted by Crippen LogP contribution is 2.14. The average Bonchev–Trinajstić information content (AvgIpc) is 3.17. The molecule has 6 heteroatoms. The Labute approximate surface area is 334 Å². The molecule has 0 aliphatic heterocycles. The van der Waals surface area contributed by atoms with Crippen LogP contribution < -0.4 is 0 Å². The lowest BCUT2D eigenvalue weighted by atomic mass is 10.1. The second-order valence-electron chi connectivity index (χ2n) is 15.7. The van der Waals surface area contributed by atoms with Crippen molar-refractivity contribution in [2.45, 2.75) is 252 Å². The second kappa shape index (κ2) is 43.6. The van der Waals surface area contributed by atoms with Gasteiger partial charge in [0.05, 0.1) is 0 Å². The van der Waals surface area contributed by atoms with Crippen molar-refractivity contribution >= 4 is 17.9 Å². The Morgan fingerprint density at radius 3 is 0.981 bits per heavy atom. The van der Waals surface area contributed by atoms with Crippen LogP contribution in [0.2, 0.25) is 0 Å². The molecule has 0 heterocycles. The summed E-state index contributed by atoms with van der Waals surface area (Å²) in [6, 6.07) is 0. The van der Waals surface area contributed by atoms with Crippen LogP contribution >= 0.6 is 0 Å². The number of carbonyl (C=O) groups excluding carboxylic acids is 3. The fraction of sp³-hybridized carbons (Fsp3) is 0.854. The summed E-state index contributed by atoms with van der Waals surface area (Å²) in [6.45, 7) is 6.58. The molecule has 1 atom stereocenters. The van der Waals surface area contributed by atoms with E-state index in [-0.39, 0.29) is 31.1 Å². The highest BCUT2D eigenvalue weighted by molar-refractivity contribution is 5.71. The van der Waals surface area contributed by atoms with Gasteiger partial charge in [-0.2, -0.15) is 0 Å². The predicted molar refractivity (Wildman–Crippen MR) is 229 cm³/mol. The van der Waals surface area contributed by atoms with Crippen LogP contribution in [0.3, 0.4) is 0 Å². The first-order valence-corrected chi connectivity index (χ1v) is 23.3. The number of carbonyl (C=O) groups is 3. The van der Waals surface area contributed by atoms with E-state index in [0.717, 1.165) is 83.5 Å². The van der Waals surface area contributed by atoms with Crippen LogP contribution in [-0.2, 0) is 28.6 Å². The van der Waals surface area contributed by atoms with E-state index >= 15 is 0 Å². The molecule has 0 saturated heterocycles. The van der Waals surface area contributed by atoms with E-state index in [9.17, 15) is 14.4 Å². The Kier molecular flexibility index (Phi) is 41.9. The number of hydrogen-bond acceptors (Lipinski definition) is 6. The molecule has 0 saturated carbocycles. The van der Waals surface area contributed by atoms with Gasteiger partial charge in [-0.05, 0) is 70.6 Å². The first-order valence-electron chi connectivity index (χ1n) is 23.3. The van der Waals surface area contributed by atoms with Crippen molar-refractivity contribution in [2.75, 3.05) is 13.2 Å². The zero-order chi connectivity index (χ0) is 39.4. The maximum absolute atomic E-state index is 12.7. The molecule has 0 aliphatic carbocycles. The molecule has 0 aromatic carbocycles. The van der Waals surface area contributed by atoms with Crippen molar-refractivity contribution in [3.63, 3.8) is 0 Å². The van der Waals surface area contributed by atoms with E-state index in [2.05, 4.69) is 45.1 Å². The summed E-state index contributed by atoms with van der Waals surface area (Å²) in [5, 5.41) is 0. The van der Waals surface area contributed by atoms with Gasteiger partial charge in [-0.1, -0.05) is 180 Å². The standard InChI is InChI=1S/C48H88O6/c1-4-7-10-13-16-19-22-24-25-27-29-32-35-38-41-47(50)53-44-45(43-52-46(49)40-37-34-31-28-21-18-15-12-9-6-3)54-48(51)42-39-36-33-30-26-23-20-17-14-11-8-5-2/h17,20,25,27,45H,4-16,18-19,21-24,26,28-44H2,1-3H3/b20-17-,27-25-. The van der Waals surface area contributed by atoms with E-state index in [1.165, 1.54) is 122 Å². The van der Waals surface area contributed by atoms with Crippen LogP contribution in [0.4, 0.5) is 0 Å². The van der Waals surface area contributed by atoms with E-state index < -0.39 is 6.10 Å². The monoisotopic (exact) mass is 761 g/mol. The molecule has 0 rings (SSSR count). The molecule has 0 N–H and O–H groups in total. The molecule has 6 nitrogen and oxygen atoms in total. The van der Waals surface area contributed by atoms with Crippen LogP contribution in [0.25, 0.3) is 0 Å². The summed E-state index contributed by atoms with van der Waals surface area (Å²) in [6.07, 6.45) is 47.3. The van der Waals surface area contributed by atoms with Gasteiger partial charge in [0.1, 0.15) is 13.2 Å². The lowest BCUT2D eigenvalue weighted by molar-refractivity contribution is -0.167. The third kappa shape index (κ3) is 41.1. The minimum atomic E-state index is -0.774. The molecular weight excluding hydrogens is 673 g/mol. The molecular formula is C48H88O6. The molecule has 0 radical (unpaired) electrons. The SMILES string of the molecule is CCCCC/C=C\CCCCCCCC(=O)OC(COC(=O)CCCCC/C=C\CCCCCCCCC)COC(=O)CCCCCCCCCCCC. The van der Waals surface area contributed by atoms with Crippen LogP contribution in [0.5, 0.6) is 0 Å². The number of esters is 3. The normalized spacial score (nSPS) is 12.1. The average molecular weight is 761 g/mol. The second-order valence-corrected chi connectivity index (χ2v) is 15.7. The van der Waals surface area contributed by atoms with Crippen molar-refractivity contribution in [1.29, 1.82) is 0 Å². The molecule has 0 aromatic heterocycles. The summed E-state index contributed by atoms with van der Waals surface area (Å²) >= 11 is 0. The Bertz CT molecular complexity index is 880. The largest absolute Gasteiger partial charge is 0.462 e. The van der Waals surface area contributed by atoms with Crippen molar-refractivity contribution < 1.29 is 28.6 Å². The zero-order valence-electron chi connectivity index (χ0n) is 36.0. The van der Waals surface area contributed by atoms with Crippen molar-refractivity contribution in [2.24, 2.45) is 0 Å². The van der Waals surface area contributed by atoms with Gasteiger partial charge in [0.2, 0.25) is 0 Å². The molecule has 1 unspecified atom stereocenters. The third-order valence-corrected chi connectivity index (χ3v) is 10.2. The summed E-state index contributed by atoms with van der Waals surface area (Å²) in [5.41, 5.74) is 0. The van der Waals surface area contributed by atoms with Gasteiger partial charge in [0.25, 0.3) is 0 Å². The number of ether oxygens (including phenoxy) is 3. The maximum Gasteiger partial charge on any atom is 0.306 e. The van der Waals surface area contributed by atoms with Crippen LogP contribution in [0.15, 0.2) is 24.3 Å². The number of allylic oxidation sites excluding steroid dienone is 4. The Balaban J connectivity index is 4.37. The first kappa shape index (κ1) is 51.9. The smallest absolute Gasteiger partial charge is 0.306 e. The van der Waals surface area contributed by atoms with E-state index in [1.807, 2.05) is 0 Å². The molecule has 0 spiro atoms. The zero-order valence-corrected chi connectivity index (χ0v) is 36.0. The highest BCUT2D eigenvalue weighted by Gasteiger charge is 2.19. The van der Waals surface area contributed by atoms with Gasteiger partial charge in [-0.25, -0.2) is 0 Å². The van der Waals surface area contributed by atoms with Crippen molar-refractivity contribution in [3.8, 4) is 0 Å². The molecule has 0 aliphatic rings. The quantitative estimate of drug-likeness (QED) is 0.0267. The minimum absolute atomic E-state index is 0.0766. The maximum atomic E-state index is 12.7. The molecule has 0 fully saturated rings. The fourth-order valence-corrected chi connectivity index (χ4v) is 6.61. The van der Waals surface area contributed by atoms with E-state index in [4.69, 9.17) is 14.2 Å². The first-order chi connectivity index (χ1) is 26.5. The molecule has 0 amide bonds. The van der Waals surface area contributed by atoms with Gasteiger partial charge in [0.15, 0.2) is 6.10 Å². The number of hydrogen-bond donors (Lipinski definition) is 0. The lowest BCUT2D eigenvalue weighted by Crippen LogP contribution is -2.30. The van der Waals surface area contributed by atoms with Crippen molar-refractivity contribution in [3.05, 3.63) is 24.3 Å². The summed E-state index contributed by atoms with van der Waals surface area (Å²) in [7, 11) is 0. The van der Waals surface area contributed by atoms with Gasteiger partial charge in [-0.3, -0.25) is 14.4 Å². The Morgan fingerprint density at radius 2 is 0.611 bits per heavy atom. The summed E-state index contributed by atoms with van der Waals surface area (Å²) in [5.74, 6) is -0.899. The molecule has 316 valence electrons. The van der Waals surface area contributed by atoms with Crippen LogP contribution in [0.1, 0.15) is 245 Å². The Hall–Kier alpha value is -2.11. The number of unbranched alkanes of at least 4 members (excludes halogenated alkanes) is 27. The molecule has 54 heavy (non-hydrogen) atoms. The lowest BCUT2D eigenvalue weighted by Gasteiger charge is -2.18. The van der Waals surface area contributed by atoms with Gasteiger partial charge in [0, 0.05) is 19.3 Å². The van der Waals surface area contributed by atoms with Crippen molar-refractivity contribution in [1.82, 2.24) is 0 Å². The summed E-state index contributed by atoms with van der Waals surface area (Å²) in [4.78, 5) is 37.7. The third-order valence-electron chi connectivity index (χ3n) is 10.2. The van der Waals surface area contributed by atoms with Gasteiger partial charge in [-0.15, -0.1) is 0 Å². The van der Waals surface area contributed by atoms with Gasteiger partial charge >= 0.3 is 17.9 Å².